The molecule has 6 unspecified atom stereocenters. The van der Waals surface area contributed by atoms with Crippen LogP contribution in [0.15, 0.2) is 162 Å². The third kappa shape index (κ3) is 5.56. The average molecular weight is 639 g/mol. The van der Waals surface area contributed by atoms with E-state index in [4.69, 9.17) is 0 Å². The Morgan fingerprint density at radius 1 is 0.755 bits per heavy atom. The number of fused-ring (bicyclic) bond motifs is 4. The first-order valence-corrected chi connectivity index (χ1v) is 18.0. The lowest BCUT2D eigenvalue weighted by atomic mass is 9.55. The molecule has 3 aromatic rings. The number of allylic oxidation sites excluding steroid dienone is 10. The van der Waals surface area contributed by atoms with Crippen molar-refractivity contribution in [3.63, 3.8) is 0 Å². The van der Waals surface area contributed by atoms with Crippen molar-refractivity contribution in [1.29, 1.82) is 0 Å². The monoisotopic (exact) mass is 638 g/mol. The molecule has 8 rings (SSSR count). The van der Waals surface area contributed by atoms with Gasteiger partial charge in [0.15, 0.2) is 0 Å². The van der Waals surface area contributed by atoms with Gasteiger partial charge < -0.3 is 9.80 Å². The Labute approximate surface area is 293 Å². The van der Waals surface area contributed by atoms with Crippen LogP contribution >= 0.6 is 0 Å². The fraction of sp³-hybridized carbons (Fsp3) is 0.277. The summed E-state index contributed by atoms with van der Waals surface area (Å²) in [4.78, 5) is 5.17. The molecule has 0 N–H and O–H groups in total. The van der Waals surface area contributed by atoms with E-state index in [2.05, 4.69) is 189 Å². The number of para-hydroxylation sites is 1. The largest absolute Gasteiger partial charge is 0.335 e. The van der Waals surface area contributed by atoms with Crippen LogP contribution in [-0.4, -0.2) is 5.54 Å². The summed E-state index contributed by atoms with van der Waals surface area (Å²) >= 11 is 0. The van der Waals surface area contributed by atoms with Crippen LogP contribution in [0.5, 0.6) is 0 Å². The quantitative estimate of drug-likeness (QED) is 0.196. The third-order valence-electron chi connectivity index (χ3n) is 11.5. The van der Waals surface area contributed by atoms with Crippen molar-refractivity contribution in [3.8, 4) is 11.8 Å². The SMILES string of the molecule is Cc1ccc(N(C2=CC#CCC=C2)C2=CC3=C(CC(C)(N(c4ccccc4)c4ccc(C)cc4)C4C=CC=CC34)C3C(C)CC=CC23)cc1. The first kappa shape index (κ1) is 31.3. The summed E-state index contributed by atoms with van der Waals surface area (Å²) in [5.41, 5.74) is 11.7. The van der Waals surface area contributed by atoms with Crippen molar-refractivity contribution in [2.75, 3.05) is 9.80 Å². The maximum absolute atomic E-state index is 3.34. The number of anilines is 3. The molecule has 0 saturated carbocycles. The molecule has 2 nitrogen and oxygen atoms in total. The summed E-state index contributed by atoms with van der Waals surface area (Å²) in [5.74, 6) is 8.38. The minimum atomic E-state index is -0.184. The lowest BCUT2D eigenvalue weighted by molar-refractivity contribution is 0.233. The number of hydrogen-bond donors (Lipinski definition) is 0. The van der Waals surface area contributed by atoms with Crippen LogP contribution in [-0.2, 0) is 0 Å². The fourth-order valence-electron chi connectivity index (χ4n) is 9.18. The number of aryl methyl sites for hydroxylation is 2. The van der Waals surface area contributed by atoms with Gasteiger partial charge in [-0.2, -0.15) is 0 Å². The molecule has 3 aromatic carbocycles. The molecule has 5 aliphatic carbocycles. The molecule has 0 amide bonds. The van der Waals surface area contributed by atoms with Crippen LogP contribution in [0.4, 0.5) is 17.1 Å². The molecule has 244 valence electrons. The Kier molecular flexibility index (Phi) is 8.17. The van der Waals surface area contributed by atoms with Gasteiger partial charge in [-0.1, -0.05) is 120 Å². The molecule has 5 aliphatic rings. The first-order valence-electron chi connectivity index (χ1n) is 18.0. The van der Waals surface area contributed by atoms with Crippen LogP contribution < -0.4 is 9.80 Å². The normalized spacial score (nSPS) is 27.9. The van der Waals surface area contributed by atoms with Gasteiger partial charge in [0.25, 0.3) is 0 Å². The highest BCUT2D eigenvalue weighted by Crippen LogP contribution is 2.58. The van der Waals surface area contributed by atoms with E-state index in [9.17, 15) is 0 Å². The zero-order chi connectivity index (χ0) is 33.5. The molecule has 0 aromatic heterocycles. The summed E-state index contributed by atoms with van der Waals surface area (Å²) < 4.78 is 0. The Morgan fingerprint density at radius 3 is 2.20 bits per heavy atom. The molecule has 0 aliphatic heterocycles. The molecule has 0 spiro atoms. The van der Waals surface area contributed by atoms with Gasteiger partial charge in [-0.05, 0) is 99.6 Å². The van der Waals surface area contributed by atoms with Crippen LogP contribution in [0.2, 0.25) is 0 Å². The van der Waals surface area contributed by atoms with E-state index in [0.717, 1.165) is 25.0 Å². The Bertz CT molecular complexity index is 2000. The summed E-state index contributed by atoms with van der Waals surface area (Å²) in [5, 5.41) is 0. The van der Waals surface area contributed by atoms with Crippen molar-refractivity contribution in [1.82, 2.24) is 0 Å². The highest BCUT2D eigenvalue weighted by molar-refractivity contribution is 5.70. The van der Waals surface area contributed by atoms with Crippen molar-refractivity contribution in [3.05, 3.63) is 173 Å². The molecule has 0 fully saturated rings. The number of rotatable bonds is 6. The van der Waals surface area contributed by atoms with E-state index in [1.54, 1.807) is 5.57 Å². The zero-order valence-corrected chi connectivity index (χ0v) is 29.2. The van der Waals surface area contributed by atoms with Crippen LogP contribution in [0, 0.1) is 55.3 Å². The molecule has 0 saturated heterocycles. The number of benzene rings is 3. The Hall–Kier alpha value is -5.00. The van der Waals surface area contributed by atoms with Crippen molar-refractivity contribution < 1.29 is 0 Å². The number of nitrogens with zero attached hydrogens (tertiary/aromatic N) is 2. The Morgan fingerprint density at radius 2 is 1.45 bits per heavy atom. The lowest BCUT2D eigenvalue weighted by Crippen LogP contribution is -2.56. The smallest absolute Gasteiger partial charge is 0.0539 e. The highest BCUT2D eigenvalue weighted by Gasteiger charge is 2.52. The van der Waals surface area contributed by atoms with Gasteiger partial charge in [0.2, 0.25) is 0 Å². The standard InChI is InChI=1S/C47H46N2/c1-33-23-27-37(28-24-33)48(36-16-8-5-6-9-17-36)45-31-42-40-20-12-13-22-44(40)47(4,32-43(42)46-35(3)15-14-21-41(45)46)49(38-18-10-7-11-19-38)39-29-25-34(2)26-30-39/h7-8,10-14,16-31,35,40-41,44,46H,5,15,32H2,1-4H3. The maximum atomic E-state index is 3.34. The first-order chi connectivity index (χ1) is 23.9. The lowest BCUT2D eigenvalue weighted by Gasteiger charge is -2.56. The number of hydrogen-bond acceptors (Lipinski definition) is 2. The second kappa shape index (κ2) is 12.8. The van der Waals surface area contributed by atoms with Crippen molar-refractivity contribution in [2.45, 2.75) is 52.5 Å². The van der Waals surface area contributed by atoms with E-state index in [-0.39, 0.29) is 23.3 Å². The topological polar surface area (TPSA) is 6.48 Å². The van der Waals surface area contributed by atoms with Crippen LogP contribution in [0.1, 0.15) is 44.2 Å². The summed E-state index contributed by atoms with van der Waals surface area (Å²) in [6.45, 7) is 9.36. The molecule has 0 heterocycles. The van der Waals surface area contributed by atoms with Gasteiger partial charge in [-0.3, -0.25) is 0 Å². The van der Waals surface area contributed by atoms with Crippen LogP contribution in [0.3, 0.4) is 0 Å². The van der Waals surface area contributed by atoms with E-state index >= 15 is 0 Å². The second-order valence-electron chi connectivity index (χ2n) is 14.8. The molecule has 6 atom stereocenters. The molecule has 0 radical (unpaired) electrons. The molecular formula is C47H46N2. The van der Waals surface area contributed by atoms with Gasteiger partial charge in [0.05, 0.1) is 11.2 Å². The summed E-state index contributed by atoms with van der Waals surface area (Å²) in [6, 6.07) is 29.3. The van der Waals surface area contributed by atoms with E-state index in [1.807, 2.05) is 0 Å². The minimum Gasteiger partial charge on any atom is -0.335 e. The van der Waals surface area contributed by atoms with Crippen molar-refractivity contribution in [2.24, 2.45) is 29.6 Å². The zero-order valence-electron chi connectivity index (χ0n) is 29.2. The maximum Gasteiger partial charge on any atom is 0.0539 e. The Balaban J connectivity index is 1.34. The summed E-state index contributed by atoms with van der Waals surface area (Å²) in [6.07, 6.45) is 26.5. The molecular weight excluding hydrogens is 593 g/mol. The average Bonchev–Trinajstić information content (AvgIpc) is 3.41. The van der Waals surface area contributed by atoms with Crippen molar-refractivity contribution >= 4 is 17.1 Å². The van der Waals surface area contributed by atoms with E-state index in [0.29, 0.717) is 11.8 Å². The van der Waals surface area contributed by atoms with Gasteiger partial charge in [0.1, 0.15) is 0 Å². The van der Waals surface area contributed by atoms with Gasteiger partial charge in [0, 0.05) is 53.0 Å². The van der Waals surface area contributed by atoms with E-state index in [1.165, 1.54) is 39.5 Å². The van der Waals surface area contributed by atoms with Crippen LogP contribution in [0.25, 0.3) is 0 Å². The van der Waals surface area contributed by atoms with Gasteiger partial charge in [-0.25, -0.2) is 0 Å². The van der Waals surface area contributed by atoms with E-state index < -0.39 is 0 Å². The molecule has 2 heteroatoms. The third-order valence-corrected chi connectivity index (χ3v) is 11.5. The molecule has 49 heavy (non-hydrogen) atoms. The second-order valence-corrected chi connectivity index (χ2v) is 14.8. The fourth-order valence-corrected chi connectivity index (χ4v) is 9.18. The minimum absolute atomic E-state index is 0.184. The predicted molar refractivity (Wildman–Crippen MR) is 206 cm³/mol. The van der Waals surface area contributed by atoms with Gasteiger partial charge >= 0.3 is 0 Å². The highest BCUT2D eigenvalue weighted by atomic mass is 15.2. The van der Waals surface area contributed by atoms with Gasteiger partial charge in [-0.15, -0.1) is 0 Å². The predicted octanol–water partition coefficient (Wildman–Crippen LogP) is 11.3. The summed E-state index contributed by atoms with van der Waals surface area (Å²) in [7, 11) is 0. The molecule has 0 bridgehead atoms.